The highest BCUT2D eigenvalue weighted by Gasteiger charge is 2.26. The highest BCUT2D eigenvalue weighted by Crippen LogP contribution is 2.33. The largest absolute Gasteiger partial charge is 0.378 e. The van der Waals surface area contributed by atoms with Gasteiger partial charge >= 0.3 is 0 Å². The molecule has 0 radical (unpaired) electrons. The van der Waals surface area contributed by atoms with Crippen LogP contribution < -0.4 is 0 Å². The Labute approximate surface area is 101 Å². The van der Waals surface area contributed by atoms with Gasteiger partial charge in [0.1, 0.15) is 11.8 Å². The van der Waals surface area contributed by atoms with Crippen molar-refractivity contribution in [2.75, 3.05) is 6.61 Å². The minimum Gasteiger partial charge on any atom is -0.378 e. The van der Waals surface area contributed by atoms with Crippen LogP contribution in [0.1, 0.15) is 48.6 Å². The van der Waals surface area contributed by atoms with Gasteiger partial charge in [0.2, 0.25) is 0 Å². The zero-order chi connectivity index (χ0) is 11.7. The quantitative estimate of drug-likeness (QED) is 0.798. The SMILES string of the molecule is N#Cc1ccc2c(n1)CCCC2COC1CC1. The van der Waals surface area contributed by atoms with Gasteiger partial charge in [-0.15, -0.1) is 0 Å². The lowest BCUT2D eigenvalue weighted by atomic mass is 9.86. The normalized spacial score (nSPS) is 22.9. The molecule has 88 valence electrons. The summed E-state index contributed by atoms with van der Waals surface area (Å²) in [5.41, 5.74) is 2.95. The van der Waals surface area contributed by atoms with E-state index in [-0.39, 0.29) is 0 Å². The van der Waals surface area contributed by atoms with Gasteiger partial charge in [0.15, 0.2) is 0 Å². The van der Waals surface area contributed by atoms with Crippen molar-refractivity contribution in [2.24, 2.45) is 0 Å². The molecule has 0 bridgehead atoms. The number of nitrogens with zero attached hydrogens (tertiary/aromatic N) is 2. The Balaban J connectivity index is 1.78. The fourth-order valence-corrected chi connectivity index (χ4v) is 2.48. The maximum Gasteiger partial charge on any atom is 0.140 e. The Bertz CT molecular complexity index is 460. The number of fused-ring (bicyclic) bond motifs is 1. The molecule has 1 atom stereocenters. The van der Waals surface area contributed by atoms with Crippen molar-refractivity contribution in [3.8, 4) is 6.07 Å². The van der Waals surface area contributed by atoms with Crippen molar-refractivity contribution in [1.29, 1.82) is 5.26 Å². The number of rotatable bonds is 3. The van der Waals surface area contributed by atoms with Gasteiger partial charge in [0.25, 0.3) is 0 Å². The summed E-state index contributed by atoms with van der Waals surface area (Å²) in [6.07, 6.45) is 6.33. The Morgan fingerprint density at radius 1 is 1.35 bits per heavy atom. The van der Waals surface area contributed by atoms with E-state index in [1.807, 2.05) is 6.07 Å². The van der Waals surface area contributed by atoms with Crippen molar-refractivity contribution in [3.05, 3.63) is 29.1 Å². The Morgan fingerprint density at radius 3 is 3.00 bits per heavy atom. The van der Waals surface area contributed by atoms with Crippen LogP contribution in [0.2, 0.25) is 0 Å². The van der Waals surface area contributed by atoms with Crippen LogP contribution in [0.25, 0.3) is 0 Å². The average Bonchev–Trinajstić information content (AvgIpc) is 3.19. The lowest BCUT2D eigenvalue weighted by Crippen LogP contribution is -2.17. The maximum absolute atomic E-state index is 8.85. The summed E-state index contributed by atoms with van der Waals surface area (Å²) >= 11 is 0. The summed E-state index contributed by atoms with van der Waals surface area (Å²) in [6, 6.07) is 6.01. The molecule has 1 heterocycles. The molecule has 0 spiro atoms. The first-order valence-electron chi connectivity index (χ1n) is 6.38. The zero-order valence-corrected chi connectivity index (χ0v) is 9.85. The molecular weight excluding hydrogens is 212 g/mol. The minimum absolute atomic E-state index is 0.486. The van der Waals surface area contributed by atoms with Crippen molar-refractivity contribution < 1.29 is 4.74 Å². The van der Waals surface area contributed by atoms with Crippen LogP contribution in [0.15, 0.2) is 12.1 Å². The molecule has 0 saturated heterocycles. The molecule has 1 aromatic rings. The van der Waals surface area contributed by atoms with Crippen LogP contribution in [-0.2, 0) is 11.2 Å². The molecule has 3 heteroatoms. The molecule has 3 rings (SSSR count). The van der Waals surface area contributed by atoms with Crippen LogP contribution in [0.3, 0.4) is 0 Å². The van der Waals surface area contributed by atoms with E-state index in [2.05, 4.69) is 17.1 Å². The van der Waals surface area contributed by atoms with Gasteiger partial charge in [-0.1, -0.05) is 6.07 Å². The van der Waals surface area contributed by atoms with Crippen LogP contribution in [0.5, 0.6) is 0 Å². The molecule has 0 amide bonds. The van der Waals surface area contributed by atoms with Crippen LogP contribution in [0, 0.1) is 11.3 Å². The van der Waals surface area contributed by atoms with Crippen LogP contribution in [-0.4, -0.2) is 17.7 Å². The zero-order valence-electron chi connectivity index (χ0n) is 9.85. The highest BCUT2D eigenvalue weighted by atomic mass is 16.5. The van der Waals surface area contributed by atoms with Gasteiger partial charge in [0.05, 0.1) is 12.7 Å². The fraction of sp³-hybridized carbons (Fsp3) is 0.571. The second kappa shape index (κ2) is 4.46. The summed E-state index contributed by atoms with van der Waals surface area (Å²) < 4.78 is 5.81. The van der Waals surface area contributed by atoms with Crippen LogP contribution >= 0.6 is 0 Å². The second-order valence-corrected chi connectivity index (χ2v) is 4.97. The first kappa shape index (κ1) is 10.7. The van der Waals surface area contributed by atoms with Crippen LogP contribution in [0.4, 0.5) is 0 Å². The van der Waals surface area contributed by atoms with Gasteiger partial charge in [-0.2, -0.15) is 5.26 Å². The first-order chi connectivity index (χ1) is 8.36. The highest BCUT2D eigenvalue weighted by molar-refractivity contribution is 5.33. The molecule has 17 heavy (non-hydrogen) atoms. The third kappa shape index (κ3) is 2.32. The molecule has 2 aliphatic carbocycles. The van der Waals surface area contributed by atoms with E-state index in [1.54, 1.807) is 0 Å². The van der Waals surface area contributed by atoms with E-state index in [1.165, 1.54) is 24.8 Å². The smallest absolute Gasteiger partial charge is 0.140 e. The van der Waals surface area contributed by atoms with E-state index in [0.29, 0.717) is 17.7 Å². The van der Waals surface area contributed by atoms with Gasteiger partial charge in [-0.05, 0) is 43.7 Å². The predicted molar refractivity (Wildman–Crippen MR) is 63.6 cm³/mol. The molecular formula is C14H16N2O. The van der Waals surface area contributed by atoms with Crippen molar-refractivity contribution in [3.63, 3.8) is 0 Å². The third-order valence-corrected chi connectivity index (χ3v) is 3.59. The summed E-state index contributed by atoms with van der Waals surface area (Å²) in [5.74, 6) is 0.486. The predicted octanol–water partition coefficient (Wildman–Crippen LogP) is 2.55. The average molecular weight is 228 g/mol. The molecule has 1 fully saturated rings. The molecule has 3 nitrogen and oxygen atoms in total. The number of aromatic nitrogens is 1. The fourth-order valence-electron chi connectivity index (χ4n) is 2.48. The molecule has 2 aliphatic rings. The van der Waals surface area contributed by atoms with E-state index >= 15 is 0 Å². The van der Waals surface area contributed by atoms with Gasteiger partial charge in [-0.25, -0.2) is 4.98 Å². The summed E-state index contributed by atoms with van der Waals surface area (Å²) in [4.78, 5) is 4.41. The lowest BCUT2D eigenvalue weighted by Gasteiger charge is -2.24. The Hall–Kier alpha value is -1.40. The number of aryl methyl sites for hydroxylation is 1. The molecule has 0 N–H and O–H groups in total. The van der Waals surface area contributed by atoms with Gasteiger partial charge in [-0.3, -0.25) is 0 Å². The second-order valence-electron chi connectivity index (χ2n) is 4.97. The minimum atomic E-state index is 0.486. The molecule has 1 aromatic heterocycles. The van der Waals surface area contributed by atoms with E-state index in [0.717, 1.165) is 25.1 Å². The standard InChI is InChI=1S/C14H16N2O/c15-8-11-4-7-13-10(9-17-12-5-6-12)2-1-3-14(13)16-11/h4,7,10,12H,1-3,5-6,9H2. The van der Waals surface area contributed by atoms with E-state index < -0.39 is 0 Å². The number of hydrogen-bond donors (Lipinski definition) is 0. The van der Waals surface area contributed by atoms with E-state index in [4.69, 9.17) is 10.00 Å². The lowest BCUT2D eigenvalue weighted by molar-refractivity contribution is 0.101. The molecule has 1 saturated carbocycles. The third-order valence-electron chi connectivity index (χ3n) is 3.59. The summed E-state index contributed by atoms with van der Waals surface area (Å²) in [5, 5.41) is 8.85. The summed E-state index contributed by atoms with van der Waals surface area (Å²) in [7, 11) is 0. The number of nitriles is 1. The number of hydrogen-bond acceptors (Lipinski definition) is 3. The van der Waals surface area contributed by atoms with Crippen molar-refractivity contribution in [1.82, 2.24) is 4.98 Å². The van der Waals surface area contributed by atoms with Gasteiger partial charge < -0.3 is 4.74 Å². The maximum atomic E-state index is 8.85. The van der Waals surface area contributed by atoms with Gasteiger partial charge in [0, 0.05) is 11.6 Å². The molecule has 1 unspecified atom stereocenters. The van der Waals surface area contributed by atoms with Crippen molar-refractivity contribution in [2.45, 2.75) is 44.1 Å². The summed E-state index contributed by atoms with van der Waals surface area (Å²) in [6.45, 7) is 0.825. The number of ether oxygens (including phenoxy) is 1. The van der Waals surface area contributed by atoms with E-state index in [9.17, 15) is 0 Å². The van der Waals surface area contributed by atoms with Crippen molar-refractivity contribution >= 4 is 0 Å². The Morgan fingerprint density at radius 2 is 2.24 bits per heavy atom. The molecule has 0 aliphatic heterocycles. The number of pyridine rings is 1. The monoisotopic (exact) mass is 228 g/mol. The molecule has 0 aromatic carbocycles. The topological polar surface area (TPSA) is 45.9 Å². The Kier molecular flexibility index (Phi) is 2.82. The first-order valence-corrected chi connectivity index (χ1v) is 6.38.